The molecule has 0 aliphatic heterocycles. The van der Waals surface area contributed by atoms with Crippen LogP contribution >= 0.6 is 0 Å². The molecule has 1 aliphatic rings. The van der Waals surface area contributed by atoms with E-state index in [1.807, 2.05) is 0 Å². The van der Waals surface area contributed by atoms with Gasteiger partial charge in [-0.15, -0.1) is 0 Å². The van der Waals surface area contributed by atoms with Crippen LogP contribution in [0.1, 0.15) is 25.7 Å². The van der Waals surface area contributed by atoms with E-state index in [0.29, 0.717) is 0 Å². The zero-order valence-corrected chi connectivity index (χ0v) is 8.58. The van der Waals surface area contributed by atoms with Crippen molar-refractivity contribution in [2.24, 2.45) is 16.5 Å². The molecule has 0 aromatic rings. The molecule has 0 saturated heterocycles. The second-order valence-electron chi connectivity index (χ2n) is 4.07. The first-order valence-corrected chi connectivity index (χ1v) is 4.80. The molecule has 0 heterocycles. The third-order valence-electron chi connectivity index (χ3n) is 3.04. The monoisotopic (exact) mass is 184 g/mol. The van der Waals surface area contributed by atoms with Gasteiger partial charge in [-0.25, -0.2) is 0 Å². The number of rotatable bonds is 3. The Kier molecular flexibility index (Phi) is 3.14. The van der Waals surface area contributed by atoms with Crippen LogP contribution in [-0.4, -0.2) is 37.0 Å². The molecule has 4 N–H and O–H groups in total. The largest absolute Gasteiger partial charge is 0.370 e. The molecule has 4 nitrogen and oxygen atoms in total. The Morgan fingerprint density at radius 2 is 1.85 bits per heavy atom. The average molecular weight is 184 g/mol. The van der Waals surface area contributed by atoms with Crippen molar-refractivity contribution < 1.29 is 0 Å². The lowest BCUT2D eigenvalue weighted by Gasteiger charge is -2.34. The average Bonchev–Trinajstić information content (AvgIpc) is 2.50. The normalized spacial score (nSPS) is 20.5. The van der Waals surface area contributed by atoms with Crippen molar-refractivity contribution in [3.63, 3.8) is 0 Å². The minimum Gasteiger partial charge on any atom is -0.370 e. The lowest BCUT2D eigenvalue weighted by molar-refractivity contribution is 0.167. The van der Waals surface area contributed by atoms with Gasteiger partial charge in [0, 0.05) is 5.54 Å². The van der Waals surface area contributed by atoms with E-state index < -0.39 is 0 Å². The Morgan fingerprint density at radius 1 is 1.31 bits per heavy atom. The molecule has 0 radical (unpaired) electrons. The standard InChI is InChI=1S/C9H20N4/c1-13(2)9(5-3-4-6-9)7-12-8(10)11/h3-7H2,1-2H3,(H4,10,11,12). The molecule has 13 heavy (non-hydrogen) atoms. The third kappa shape index (κ3) is 2.34. The van der Waals surface area contributed by atoms with Crippen molar-refractivity contribution >= 4 is 5.96 Å². The van der Waals surface area contributed by atoms with Crippen LogP contribution in [0.4, 0.5) is 0 Å². The van der Waals surface area contributed by atoms with Gasteiger partial charge in [0.15, 0.2) is 5.96 Å². The Balaban J connectivity index is 2.62. The summed E-state index contributed by atoms with van der Waals surface area (Å²) in [4.78, 5) is 6.39. The number of guanidine groups is 1. The second-order valence-corrected chi connectivity index (χ2v) is 4.07. The number of nitrogens with zero attached hydrogens (tertiary/aromatic N) is 2. The van der Waals surface area contributed by atoms with Gasteiger partial charge in [0.1, 0.15) is 0 Å². The maximum Gasteiger partial charge on any atom is 0.185 e. The van der Waals surface area contributed by atoms with Crippen molar-refractivity contribution in [2.45, 2.75) is 31.2 Å². The SMILES string of the molecule is CN(C)C1(CN=C(N)N)CCCC1. The number of likely N-dealkylation sites (N-methyl/N-ethyl adjacent to an activating group) is 1. The summed E-state index contributed by atoms with van der Waals surface area (Å²) < 4.78 is 0. The van der Waals surface area contributed by atoms with Gasteiger partial charge < -0.3 is 16.4 Å². The molecule has 1 saturated carbocycles. The summed E-state index contributed by atoms with van der Waals surface area (Å²) in [7, 11) is 4.21. The van der Waals surface area contributed by atoms with Gasteiger partial charge in [-0.3, -0.25) is 4.99 Å². The molecular formula is C9H20N4. The van der Waals surface area contributed by atoms with Gasteiger partial charge in [-0.05, 0) is 26.9 Å². The van der Waals surface area contributed by atoms with Crippen molar-refractivity contribution in [2.75, 3.05) is 20.6 Å². The van der Waals surface area contributed by atoms with Gasteiger partial charge in [-0.2, -0.15) is 0 Å². The van der Waals surface area contributed by atoms with Crippen LogP contribution in [0.3, 0.4) is 0 Å². The Bertz CT molecular complexity index is 188. The van der Waals surface area contributed by atoms with E-state index >= 15 is 0 Å². The summed E-state index contributed by atoms with van der Waals surface area (Å²) in [5, 5.41) is 0. The van der Waals surface area contributed by atoms with Crippen molar-refractivity contribution in [1.29, 1.82) is 0 Å². The first-order chi connectivity index (χ1) is 6.07. The Labute approximate surface area is 80.0 Å². The predicted octanol–water partition coefficient (Wildman–Crippen LogP) is 0.134. The van der Waals surface area contributed by atoms with E-state index in [1.54, 1.807) is 0 Å². The lowest BCUT2D eigenvalue weighted by Crippen LogP contribution is -2.45. The minimum absolute atomic E-state index is 0.202. The third-order valence-corrected chi connectivity index (χ3v) is 3.04. The highest BCUT2D eigenvalue weighted by Gasteiger charge is 2.35. The fraction of sp³-hybridized carbons (Fsp3) is 0.889. The zero-order valence-electron chi connectivity index (χ0n) is 8.58. The van der Waals surface area contributed by atoms with Crippen LogP contribution in [0.15, 0.2) is 4.99 Å². The molecule has 76 valence electrons. The Morgan fingerprint density at radius 3 is 2.23 bits per heavy atom. The van der Waals surface area contributed by atoms with Crippen LogP contribution in [0, 0.1) is 0 Å². The summed E-state index contributed by atoms with van der Waals surface area (Å²) in [5.74, 6) is 0.202. The van der Waals surface area contributed by atoms with E-state index in [-0.39, 0.29) is 11.5 Å². The van der Waals surface area contributed by atoms with Crippen LogP contribution in [0.5, 0.6) is 0 Å². The minimum atomic E-state index is 0.202. The molecule has 0 unspecified atom stereocenters. The number of aliphatic imine (C=N–C) groups is 1. The molecule has 1 rings (SSSR count). The summed E-state index contributed by atoms with van der Waals surface area (Å²) in [6.45, 7) is 0.738. The van der Waals surface area contributed by atoms with E-state index in [9.17, 15) is 0 Å². The highest BCUT2D eigenvalue weighted by Crippen LogP contribution is 2.33. The molecule has 1 aliphatic carbocycles. The van der Waals surface area contributed by atoms with E-state index in [2.05, 4.69) is 24.0 Å². The lowest BCUT2D eigenvalue weighted by atomic mass is 9.96. The summed E-state index contributed by atoms with van der Waals surface area (Å²) in [5.41, 5.74) is 10.9. The van der Waals surface area contributed by atoms with Crippen LogP contribution in [0.2, 0.25) is 0 Å². The second kappa shape index (κ2) is 3.96. The highest BCUT2D eigenvalue weighted by molar-refractivity contribution is 5.75. The fourth-order valence-electron chi connectivity index (χ4n) is 2.02. The molecule has 0 aromatic heterocycles. The number of hydrogen-bond acceptors (Lipinski definition) is 2. The predicted molar refractivity (Wildman–Crippen MR) is 55.6 cm³/mol. The van der Waals surface area contributed by atoms with Gasteiger partial charge in [0.2, 0.25) is 0 Å². The topological polar surface area (TPSA) is 67.6 Å². The number of hydrogen-bond donors (Lipinski definition) is 2. The van der Waals surface area contributed by atoms with Crippen molar-refractivity contribution in [1.82, 2.24) is 4.90 Å². The summed E-state index contributed by atoms with van der Waals surface area (Å²) in [6, 6.07) is 0. The first-order valence-electron chi connectivity index (χ1n) is 4.80. The molecular weight excluding hydrogens is 164 g/mol. The Hall–Kier alpha value is -0.770. The molecule has 0 bridgehead atoms. The number of nitrogens with two attached hydrogens (primary N) is 2. The smallest absolute Gasteiger partial charge is 0.185 e. The molecule has 1 fully saturated rings. The van der Waals surface area contributed by atoms with Crippen LogP contribution in [0.25, 0.3) is 0 Å². The van der Waals surface area contributed by atoms with Crippen molar-refractivity contribution in [3.05, 3.63) is 0 Å². The van der Waals surface area contributed by atoms with Gasteiger partial charge in [0.25, 0.3) is 0 Å². The summed E-state index contributed by atoms with van der Waals surface area (Å²) in [6.07, 6.45) is 4.99. The van der Waals surface area contributed by atoms with E-state index in [4.69, 9.17) is 11.5 Å². The fourth-order valence-corrected chi connectivity index (χ4v) is 2.02. The maximum atomic E-state index is 5.34. The van der Waals surface area contributed by atoms with Gasteiger partial charge >= 0.3 is 0 Å². The summed E-state index contributed by atoms with van der Waals surface area (Å²) >= 11 is 0. The molecule has 0 atom stereocenters. The van der Waals surface area contributed by atoms with Crippen LogP contribution < -0.4 is 11.5 Å². The van der Waals surface area contributed by atoms with E-state index in [0.717, 1.165) is 6.54 Å². The van der Waals surface area contributed by atoms with Gasteiger partial charge in [-0.1, -0.05) is 12.8 Å². The maximum absolute atomic E-state index is 5.34. The van der Waals surface area contributed by atoms with Crippen molar-refractivity contribution in [3.8, 4) is 0 Å². The quantitative estimate of drug-likeness (QED) is 0.484. The van der Waals surface area contributed by atoms with Gasteiger partial charge in [0.05, 0.1) is 6.54 Å². The molecule has 4 heteroatoms. The molecule has 0 aromatic carbocycles. The molecule has 0 amide bonds. The molecule has 0 spiro atoms. The zero-order chi connectivity index (χ0) is 9.90. The first kappa shape index (κ1) is 10.3. The highest BCUT2D eigenvalue weighted by atomic mass is 15.2. The van der Waals surface area contributed by atoms with Crippen LogP contribution in [-0.2, 0) is 0 Å². The van der Waals surface area contributed by atoms with E-state index in [1.165, 1.54) is 25.7 Å².